The van der Waals surface area contributed by atoms with E-state index in [9.17, 15) is 0 Å². The van der Waals surface area contributed by atoms with Crippen LogP contribution in [0.15, 0.2) is 30.5 Å². The first-order chi connectivity index (χ1) is 6.90. The monoisotopic (exact) mass is 206 g/mol. The number of hydrogen-bond donors (Lipinski definition) is 1. The molecule has 1 heterocycles. The molecule has 0 saturated heterocycles. The standard InChI is InChI=1S/C11H11ClN2/c12-6-2-1-3-9-4-5-10-8-13-14-11(10)7-9/h1,3-5,7-8H,2,6H2,(H,13,14). The van der Waals surface area contributed by atoms with Crippen LogP contribution in [0.4, 0.5) is 0 Å². The number of H-pyrrole nitrogens is 1. The molecule has 3 heteroatoms. The van der Waals surface area contributed by atoms with Crippen LogP contribution in [0.1, 0.15) is 12.0 Å². The first-order valence-electron chi connectivity index (χ1n) is 4.56. The summed E-state index contributed by atoms with van der Waals surface area (Å²) >= 11 is 5.58. The summed E-state index contributed by atoms with van der Waals surface area (Å²) < 4.78 is 0. The van der Waals surface area contributed by atoms with Gasteiger partial charge in [-0.1, -0.05) is 24.3 Å². The van der Waals surface area contributed by atoms with Gasteiger partial charge in [0, 0.05) is 11.3 Å². The number of allylic oxidation sites excluding steroid dienone is 1. The summed E-state index contributed by atoms with van der Waals surface area (Å²) in [7, 11) is 0. The number of nitrogens with one attached hydrogen (secondary N) is 1. The van der Waals surface area contributed by atoms with Crippen molar-refractivity contribution >= 4 is 28.6 Å². The van der Waals surface area contributed by atoms with E-state index in [1.54, 1.807) is 0 Å². The van der Waals surface area contributed by atoms with Gasteiger partial charge in [0.25, 0.3) is 0 Å². The highest BCUT2D eigenvalue weighted by Crippen LogP contribution is 2.13. The van der Waals surface area contributed by atoms with Gasteiger partial charge in [0.15, 0.2) is 0 Å². The average Bonchev–Trinajstić information content (AvgIpc) is 2.65. The highest BCUT2D eigenvalue weighted by Gasteiger charge is 1.94. The maximum Gasteiger partial charge on any atom is 0.0656 e. The molecule has 0 aliphatic heterocycles. The van der Waals surface area contributed by atoms with Gasteiger partial charge < -0.3 is 0 Å². The van der Waals surface area contributed by atoms with Gasteiger partial charge in [0.1, 0.15) is 0 Å². The van der Waals surface area contributed by atoms with Gasteiger partial charge in [-0.3, -0.25) is 5.10 Å². The fraction of sp³-hybridized carbons (Fsp3) is 0.182. The molecule has 0 spiro atoms. The van der Waals surface area contributed by atoms with Crippen molar-refractivity contribution in [2.24, 2.45) is 0 Å². The minimum Gasteiger partial charge on any atom is -0.278 e. The molecule has 14 heavy (non-hydrogen) atoms. The molecule has 0 saturated carbocycles. The van der Waals surface area contributed by atoms with E-state index in [0.717, 1.165) is 17.3 Å². The third kappa shape index (κ3) is 1.96. The zero-order valence-corrected chi connectivity index (χ0v) is 8.46. The lowest BCUT2D eigenvalue weighted by atomic mass is 10.1. The van der Waals surface area contributed by atoms with Crippen LogP contribution >= 0.6 is 11.6 Å². The van der Waals surface area contributed by atoms with E-state index in [2.05, 4.69) is 40.5 Å². The number of alkyl halides is 1. The molecule has 2 aromatic rings. The SMILES string of the molecule is ClCCC=Cc1ccc2cn[nH]c2c1. The molecule has 0 bridgehead atoms. The molecular formula is C11H11ClN2. The quantitative estimate of drug-likeness (QED) is 0.768. The van der Waals surface area contributed by atoms with Gasteiger partial charge in [-0.05, 0) is 18.1 Å². The third-order valence-corrected chi connectivity index (χ3v) is 2.27. The van der Waals surface area contributed by atoms with Gasteiger partial charge in [-0.2, -0.15) is 5.10 Å². The van der Waals surface area contributed by atoms with Crippen molar-refractivity contribution < 1.29 is 0 Å². The molecule has 0 unspecified atom stereocenters. The number of halogens is 1. The molecule has 0 aliphatic rings. The highest BCUT2D eigenvalue weighted by atomic mass is 35.5. The topological polar surface area (TPSA) is 28.7 Å². The molecule has 0 amide bonds. The predicted molar refractivity (Wildman–Crippen MR) is 60.5 cm³/mol. The van der Waals surface area contributed by atoms with Crippen molar-refractivity contribution in [2.45, 2.75) is 6.42 Å². The summed E-state index contributed by atoms with van der Waals surface area (Å²) in [5, 5.41) is 8.05. The highest BCUT2D eigenvalue weighted by molar-refractivity contribution is 6.17. The molecule has 1 N–H and O–H groups in total. The van der Waals surface area contributed by atoms with Crippen LogP contribution in [0.25, 0.3) is 17.0 Å². The van der Waals surface area contributed by atoms with Crippen LogP contribution in [0.5, 0.6) is 0 Å². The van der Waals surface area contributed by atoms with Crippen LogP contribution in [0.3, 0.4) is 0 Å². The van der Waals surface area contributed by atoms with Gasteiger partial charge in [0.2, 0.25) is 0 Å². The number of fused-ring (bicyclic) bond motifs is 1. The Morgan fingerprint density at radius 1 is 1.43 bits per heavy atom. The maximum atomic E-state index is 5.58. The van der Waals surface area contributed by atoms with Crippen molar-refractivity contribution in [3.05, 3.63) is 36.0 Å². The predicted octanol–water partition coefficient (Wildman–Crippen LogP) is 3.21. The van der Waals surface area contributed by atoms with Crippen molar-refractivity contribution in [3.63, 3.8) is 0 Å². The molecule has 0 radical (unpaired) electrons. The van der Waals surface area contributed by atoms with Gasteiger partial charge in [-0.15, -0.1) is 11.6 Å². The minimum atomic E-state index is 0.669. The fourth-order valence-electron chi connectivity index (χ4n) is 1.34. The molecule has 2 nitrogen and oxygen atoms in total. The first kappa shape index (κ1) is 9.28. The van der Waals surface area contributed by atoms with E-state index < -0.39 is 0 Å². The summed E-state index contributed by atoms with van der Waals surface area (Å²) in [5.41, 5.74) is 2.24. The van der Waals surface area contributed by atoms with Crippen molar-refractivity contribution in [3.8, 4) is 0 Å². The Bertz CT molecular complexity index is 445. The van der Waals surface area contributed by atoms with Gasteiger partial charge >= 0.3 is 0 Å². The first-order valence-corrected chi connectivity index (χ1v) is 5.09. The van der Waals surface area contributed by atoms with E-state index in [1.165, 1.54) is 5.56 Å². The van der Waals surface area contributed by atoms with Gasteiger partial charge in [-0.25, -0.2) is 0 Å². The second kappa shape index (κ2) is 4.29. The van der Waals surface area contributed by atoms with E-state index >= 15 is 0 Å². The minimum absolute atomic E-state index is 0.669. The number of hydrogen-bond acceptors (Lipinski definition) is 1. The Labute approximate surface area is 87.6 Å². The second-order valence-electron chi connectivity index (χ2n) is 3.10. The molecule has 0 aliphatic carbocycles. The molecular weight excluding hydrogens is 196 g/mol. The summed E-state index contributed by atoms with van der Waals surface area (Å²) in [4.78, 5) is 0. The summed E-state index contributed by atoms with van der Waals surface area (Å²) in [5.74, 6) is 0.669. The Hall–Kier alpha value is -1.28. The molecule has 72 valence electrons. The number of aromatic amines is 1. The molecule has 0 atom stereocenters. The van der Waals surface area contributed by atoms with Crippen molar-refractivity contribution in [1.29, 1.82) is 0 Å². The van der Waals surface area contributed by atoms with Gasteiger partial charge in [0.05, 0.1) is 11.7 Å². The normalized spacial score (nSPS) is 11.5. The summed E-state index contributed by atoms with van der Waals surface area (Å²) in [6.07, 6.45) is 6.87. The van der Waals surface area contributed by atoms with E-state index in [1.807, 2.05) is 6.20 Å². The molecule has 1 aromatic carbocycles. The summed E-state index contributed by atoms with van der Waals surface area (Å²) in [6, 6.07) is 6.20. The Morgan fingerprint density at radius 3 is 3.21 bits per heavy atom. The average molecular weight is 207 g/mol. The Morgan fingerprint density at radius 2 is 2.36 bits per heavy atom. The smallest absolute Gasteiger partial charge is 0.0656 e. The third-order valence-electron chi connectivity index (χ3n) is 2.05. The van der Waals surface area contributed by atoms with E-state index in [4.69, 9.17) is 11.6 Å². The van der Waals surface area contributed by atoms with E-state index in [0.29, 0.717) is 5.88 Å². The fourth-order valence-corrected chi connectivity index (χ4v) is 1.47. The maximum absolute atomic E-state index is 5.58. The lowest BCUT2D eigenvalue weighted by Gasteiger charge is -1.93. The molecule has 2 rings (SSSR count). The van der Waals surface area contributed by atoms with Crippen LogP contribution in [-0.2, 0) is 0 Å². The van der Waals surface area contributed by atoms with Crippen LogP contribution in [0, 0.1) is 0 Å². The second-order valence-corrected chi connectivity index (χ2v) is 3.47. The Balaban J connectivity index is 2.25. The van der Waals surface area contributed by atoms with Crippen molar-refractivity contribution in [2.75, 3.05) is 5.88 Å². The number of nitrogens with zero attached hydrogens (tertiary/aromatic N) is 1. The number of benzene rings is 1. The summed E-state index contributed by atoms with van der Waals surface area (Å²) in [6.45, 7) is 0. The lowest BCUT2D eigenvalue weighted by molar-refractivity contribution is 1.12. The Kier molecular flexibility index (Phi) is 2.84. The van der Waals surface area contributed by atoms with Crippen LogP contribution < -0.4 is 0 Å². The van der Waals surface area contributed by atoms with Crippen LogP contribution in [0.2, 0.25) is 0 Å². The zero-order valence-electron chi connectivity index (χ0n) is 7.70. The van der Waals surface area contributed by atoms with Crippen molar-refractivity contribution in [1.82, 2.24) is 10.2 Å². The number of rotatable bonds is 3. The van der Waals surface area contributed by atoms with Crippen LogP contribution in [-0.4, -0.2) is 16.1 Å². The van der Waals surface area contributed by atoms with E-state index in [-0.39, 0.29) is 0 Å². The zero-order chi connectivity index (χ0) is 9.80. The lowest BCUT2D eigenvalue weighted by Crippen LogP contribution is -1.74. The molecule has 1 aromatic heterocycles. The largest absolute Gasteiger partial charge is 0.278 e. The molecule has 0 fully saturated rings. The number of aromatic nitrogens is 2.